The molecule has 0 aliphatic carbocycles. The second kappa shape index (κ2) is 6.65. The molecule has 0 radical (unpaired) electrons. The molecule has 2 saturated heterocycles. The zero-order chi connectivity index (χ0) is 14.8. The lowest BCUT2D eigenvalue weighted by atomic mass is 9.97. The molecule has 2 fully saturated rings. The second-order valence-electron chi connectivity index (χ2n) is 6.10. The standard InChI is InChI=1S/C16H24BrN3O/c1-19-11-12(10-18)8-16(19)14-9-13(17)2-3-15(14)20-4-6-21-7-5-20/h2-3,9,12,16H,4-8,10-11,18H2,1H3. The van der Waals surface area contributed by atoms with Crippen LogP contribution in [0.15, 0.2) is 22.7 Å². The molecule has 116 valence electrons. The van der Waals surface area contributed by atoms with Crippen molar-refractivity contribution in [1.29, 1.82) is 0 Å². The second-order valence-corrected chi connectivity index (χ2v) is 7.01. The molecular weight excluding hydrogens is 330 g/mol. The van der Waals surface area contributed by atoms with E-state index in [4.69, 9.17) is 10.5 Å². The number of benzene rings is 1. The molecule has 4 nitrogen and oxygen atoms in total. The van der Waals surface area contributed by atoms with Gasteiger partial charge in [0, 0.05) is 35.8 Å². The Labute approximate surface area is 135 Å². The minimum atomic E-state index is 0.467. The van der Waals surface area contributed by atoms with Crippen molar-refractivity contribution in [2.45, 2.75) is 12.5 Å². The van der Waals surface area contributed by atoms with E-state index < -0.39 is 0 Å². The zero-order valence-corrected chi connectivity index (χ0v) is 14.2. The van der Waals surface area contributed by atoms with Gasteiger partial charge in [-0.3, -0.25) is 4.90 Å². The number of hydrogen-bond donors (Lipinski definition) is 1. The van der Waals surface area contributed by atoms with Crippen molar-refractivity contribution in [1.82, 2.24) is 4.90 Å². The lowest BCUT2D eigenvalue weighted by molar-refractivity contribution is 0.122. The number of halogens is 1. The van der Waals surface area contributed by atoms with Gasteiger partial charge < -0.3 is 15.4 Å². The third-order valence-electron chi connectivity index (χ3n) is 4.67. The predicted molar refractivity (Wildman–Crippen MR) is 89.7 cm³/mol. The monoisotopic (exact) mass is 353 g/mol. The number of ether oxygens (including phenoxy) is 1. The smallest absolute Gasteiger partial charge is 0.0642 e. The Morgan fingerprint density at radius 2 is 2.10 bits per heavy atom. The van der Waals surface area contributed by atoms with Crippen molar-refractivity contribution < 1.29 is 4.74 Å². The summed E-state index contributed by atoms with van der Waals surface area (Å²) in [6, 6.07) is 7.14. The normalized spacial score (nSPS) is 27.3. The van der Waals surface area contributed by atoms with E-state index in [0.717, 1.165) is 50.3 Å². The summed E-state index contributed by atoms with van der Waals surface area (Å²) in [6.45, 7) is 5.47. The van der Waals surface area contributed by atoms with E-state index in [1.807, 2.05) is 0 Å². The minimum absolute atomic E-state index is 0.467. The molecule has 2 unspecified atom stereocenters. The van der Waals surface area contributed by atoms with Crippen LogP contribution >= 0.6 is 15.9 Å². The third kappa shape index (κ3) is 3.26. The molecule has 0 bridgehead atoms. The average Bonchev–Trinajstić information content (AvgIpc) is 2.89. The number of nitrogens with zero attached hydrogens (tertiary/aromatic N) is 2. The van der Waals surface area contributed by atoms with Crippen LogP contribution in [0.4, 0.5) is 5.69 Å². The maximum Gasteiger partial charge on any atom is 0.0642 e. The van der Waals surface area contributed by atoms with E-state index >= 15 is 0 Å². The van der Waals surface area contributed by atoms with Crippen LogP contribution < -0.4 is 10.6 Å². The van der Waals surface area contributed by atoms with Gasteiger partial charge in [-0.1, -0.05) is 15.9 Å². The van der Waals surface area contributed by atoms with Crippen LogP contribution in [0, 0.1) is 5.92 Å². The van der Waals surface area contributed by atoms with Crippen LogP contribution in [0.5, 0.6) is 0 Å². The molecule has 3 rings (SSSR count). The Kier molecular flexibility index (Phi) is 4.84. The van der Waals surface area contributed by atoms with Crippen molar-refractivity contribution in [3.63, 3.8) is 0 Å². The van der Waals surface area contributed by atoms with Crippen LogP contribution in [0.25, 0.3) is 0 Å². The molecule has 2 aliphatic heterocycles. The van der Waals surface area contributed by atoms with E-state index in [1.54, 1.807) is 0 Å². The Bertz CT molecular complexity index is 490. The van der Waals surface area contributed by atoms with Gasteiger partial charge >= 0.3 is 0 Å². The molecule has 0 aromatic heterocycles. The molecule has 5 heteroatoms. The molecule has 0 spiro atoms. The molecule has 2 N–H and O–H groups in total. The van der Waals surface area contributed by atoms with Crippen molar-refractivity contribution in [3.05, 3.63) is 28.2 Å². The molecule has 1 aromatic carbocycles. The molecule has 2 heterocycles. The predicted octanol–water partition coefficient (Wildman–Crippen LogP) is 2.24. The van der Waals surface area contributed by atoms with Gasteiger partial charge in [-0.25, -0.2) is 0 Å². The first-order chi connectivity index (χ1) is 10.2. The number of nitrogens with two attached hydrogens (primary N) is 1. The van der Waals surface area contributed by atoms with Crippen molar-refractivity contribution in [3.8, 4) is 0 Å². The fourth-order valence-electron chi connectivity index (χ4n) is 3.52. The summed E-state index contributed by atoms with van der Waals surface area (Å²) in [6.07, 6.45) is 1.15. The Morgan fingerprint density at radius 3 is 2.76 bits per heavy atom. The van der Waals surface area contributed by atoms with E-state index in [1.165, 1.54) is 11.3 Å². The third-order valence-corrected chi connectivity index (χ3v) is 5.16. The first kappa shape index (κ1) is 15.3. The molecule has 21 heavy (non-hydrogen) atoms. The van der Waals surface area contributed by atoms with E-state index in [9.17, 15) is 0 Å². The number of hydrogen-bond acceptors (Lipinski definition) is 4. The van der Waals surface area contributed by atoms with Crippen LogP contribution in [0.2, 0.25) is 0 Å². The summed E-state index contributed by atoms with van der Waals surface area (Å²) in [4.78, 5) is 4.90. The van der Waals surface area contributed by atoms with Crippen LogP contribution in [0.3, 0.4) is 0 Å². The van der Waals surface area contributed by atoms with E-state index in [-0.39, 0.29) is 0 Å². The lowest BCUT2D eigenvalue weighted by Crippen LogP contribution is -2.37. The zero-order valence-electron chi connectivity index (χ0n) is 12.6. The summed E-state index contributed by atoms with van der Waals surface area (Å²) in [5.41, 5.74) is 8.66. The summed E-state index contributed by atoms with van der Waals surface area (Å²) in [7, 11) is 2.21. The summed E-state index contributed by atoms with van der Waals surface area (Å²) >= 11 is 3.63. The van der Waals surface area contributed by atoms with Gasteiger partial charge in [-0.05, 0) is 49.7 Å². The summed E-state index contributed by atoms with van der Waals surface area (Å²) in [5.74, 6) is 0.608. The molecule has 1 aromatic rings. The molecule has 2 atom stereocenters. The largest absolute Gasteiger partial charge is 0.378 e. The number of likely N-dealkylation sites (tertiary alicyclic amines) is 1. The van der Waals surface area contributed by atoms with Crippen LogP contribution in [-0.2, 0) is 4.74 Å². The highest BCUT2D eigenvalue weighted by atomic mass is 79.9. The van der Waals surface area contributed by atoms with Gasteiger partial charge in [0.05, 0.1) is 13.2 Å². The lowest BCUT2D eigenvalue weighted by Gasteiger charge is -2.33. The molecule has 2 aliphatic rings. The highest BCUT2D eigenvalue weighted by Crippen LogP contribution is 2.39. The van der Waals surface area contributed by atoms with Crippen LogP contribution in [-0.4, -0.2) is 51.3 Å². The number of rotatable bonds is 3. The fraction of sp³-hybridized carbons (Fsp3) is 0.625. The van der Waals surface area contributed by atoms with Gasteiger partial charge in [0.1, 0.15) is 0 Å². The Hall–Kier alpha value is -0.620. The maximum atomic E-state index is 5.88. The quantitative estimate of drug-likeness (QED) is 0.904. The SMILES string of the molecule is CN1CC(CN)CC1c1cc(Br)ccc1N1CCOCC1. The molecular formula is C16H24BrN3O. The van der Waals surface area contributed by atoms with Crippen molar-refractivity contribution in [2.24, 2.45) is 11.7 Å². The number of anilines is 1. The average molecular weight is 354 g/mol. The maximum absolute atomic E-state index is 5.88. The first-order valence-electron chi connectivity index (χ1n) is 7.71. The Balaban J connectivity index is 1.91. The van der Waals surface area contributed by atoms with Crippen molar-refractivity contribution >= 4 is 21.6 Å². The number of morpholine rings is 1. The summed E-state index contributed by atoms with van der Waals surface area (Å²) in [5, 5.41) is 0. The van der Waals surface area contributed by atoms with Gasteiger partial charge in [0.2, 0.25) is 0 Å². The van der Waals surface area contributed by atoms with Crippen molar-refractivity contribution in [2.75, 3.05) is 51.3 Å². The molecule has 0 saturated carbocycles. The van der Waals surface area contributed by atoms with Gasteiger partial charge in [0.25, 0.3) is 0 Å². The minimum Gasteiger partial charge on any atom is -0.378 e. The van der Waals surface area contributed by atoms with Gasteiger partial charge in [-0.15, -0.1) is 0 Å². The first-order valence-corrected chi connectivity index (χ1v) is 8.50. The highest BCUT2D eigenvalue weighted by Gasteiger charge is 2.32. The fourth-order valence-corrected chi connectivity index (χ4v) is 3.90. The van der Waals surface area contributed by atoms with Gasteiger partial charge in [0.15, 0.2) is 0 Å². The van der Waals surface area contributed by atoms with Gasteiger partial charge in [-0.2, -0.15) is 0 Å². The highest BCUT2D eigenvalue weighted by molar-refractivity contribution is 9.10. The van der Waals surface area contributed by atoms with E-state index in [2.05, 4.69) is 51.0 Å². The van der Waals surface area contributed by atoms with E-state index in [0.29, 0.717) is 12.0 Å². The summed E-state index contributed by atoms with van der Waals surface area (Å²) < 4.78 is 6.64. The molecule has 0 amide bonds. The topological polar surface area (TPSA) is 41.7 Å². The van der Waals surface area contributed by atoms with Crippen LogP contribution in [0.1, 0.15) is 18.0 Å². The Morgan fingerprint density at radius 1 is 1.33 bits per heavy atom.